The van der Waals surface area contributed by atoms with Crippen LogP contribution in [0, 0.1) is 0 Å². The molecule has 7 heteroatoms. The fourth-order valence-electron chi connectivity index (χ4n) is 2.59. The summed E-state index contributed by atoms with van der Waals surface area (Å²) in [5.41, 5.74) is 3.08. The zero-order chi connectivity index (χ0) is 16.7. The number of phenolic OH excluding ortho intramolecular Hbond substituents is 1. The van der Waals surface area contributed by atoms with Gasteiger partial charge in [0.15, 0.2) is 11.5 Å². The van der Waals surface area contributed by atoms with Gasteiger partial charge in [0.05, 0.1) is 24.9 Å². The molecule has 1 aliphatic rings. The third-order valence-corrected chi connectivity index (χ3v) is 4.12. The molecule has 0 heterocycles. The maximum atomic E-state index is 11.7. The number of aromatic hydroxyl groups is 1. The fourth-order valence-corrected chi connectivity index (χ4v) is 2.81. The maximum Gasteiger partial charge on any atom is 0.254 e. The lowest BCUT2D eigenvalue weighted by Crippen LogP contribution is -2.38. The Morgan fingerprint density at radius 2 is 2.17 bits per heavy atom. The maximum absolute atomic E-state index is 11.7. The van der Waals surface area contributed by atoms with Crippen molar-refractivity contribution in [2.24, 2.45) is 5.10 Å². The van der Waals surface area contributed by atoms with Gasteiger partial charge in [0, 0.05) is 6.04 Å². The highest BCUT2D eigenvalue weighted by Crippen LogP contribution is 2.34. The smallest absolute Gasteiger partial charge is 0.254 e. The summed E-state index contributed by atoms with van der Waals surface area (Å²) in [5.74, 6) is -0.0556. The van der Waals surface area contributed by atoms with Crippen molar-refractivity contribution >= 4 is 23.7 Å². The van der Waals surface area contributed by atoms with Gasteiger partial charge in [0.25, 0.3) is 5.91 Å². The van der Waals surface area contributed by atoms with Gasteiger partial charge >= 0.3 is 0 Å². The van der Waals surface area contributed by atoms with Crippen LogP contribution in [-0.4, -0.2) is 36.9 Å². The Balaban J connectivity index is 1.81. The van der Waals surface area contributed by atoms with Crippen LogP contribution in [0.4, 0.5) is 0 Å². The Morgan fingerprint density at radius 3 is 2.87 bits per heavy atom. The Labute approximate surface area is 140 Å². The molecular weight excluding hydrogens is 318 g/mol. The molecule has 0 spiro atoms. The Morgan fingerprint density at radius 1 is 1.43 bits per heavy atom. The first kappa shape index (κ1) is 17.6. The minimum atomic E-state index is -0.191. The van der Waals surface area contributed by atoms with Gasteiger partial charge in [-0.05, 0) is 30.5 Å². The number of amides is 1. The molecule has 3 N–H and O–H groups in total. The van der Waals surface area contributed by atoms with E-state index in [1.54, 1.807) is 6.07 Å². The molecule has 0 saturated heterocycles. The number of ether oxygens (including phenoxy) is 1. The lowest BCUT2D eigenvalue weighted by atomic mass is 9.95. The fraction of sp³-hybridized carbons (Fsp3) is 0.500. The van der Waals surface area contributed by atoms with Gasteiger partial charge < -0.3 is 15.2 Å². The quantitative estimate of drug-likeness (QED) is 0.549. The van der Waals surface area contributed by atoms with E-state index in [0.29, 0.717) is 11.6 Å². The molecule has 1 aromatic rings. The molecule has 23 heavy (non-hydrogen) atoms. The number of benzene rings is 1. The lowest BCUT2D eigenvalue weighted by Gasteiger charge is -2.22. The summed E-state index contributed by atoms with van der Waals surface area (Å²) in [6.45, 7) is 0.252. The number of methoxy groups -OCH3 is 1. The number of nitrogens with one attached hydrogen (secondary N) is 2. The first-order chi connectivity index (χ1) is 11.1. The second kappa shape index (κ2) is 8.74. The predicted octanol–water partition coefficient (Wildman–Crippen LogP) is 2.43. The van der Waals surface area contributed by atoms with Crippen LogP contribution in [0.2, 0.25) is 5.02 Å². The third kappa shape index (κ3) is 5.41. The van der Waals surface area contributed by atoms with Crippen molar-refractivity contribution in [1.29, 1.82) is 0 Å². The number of hydrazone groups is 1. The molecule has 1 saturated carbocycles. The first-order valence-corrected chi connectivity index (χ1v) is 8.09. The van der Waals surface area contributed by atoms with Crippen molar-refractivity contribution in [3.8, 4) is 11.5 Å². The standard InChI is InChI=1S/C16H22ClN3O3/c1-23-14-8-11(7-13(17)16(14)22)9-19-20-15(21)10-18-12-5-3-2-4-6-12/h7-9,12,18,22H,2-6,10H2,1H3,(H,20,21)/b19-9-. The van der Waals surface area contributed by atoms with E-state index in [4.69, 9.17) is 16.3 Å². The van der Waals surface area contributed by atoms with E-state index in [-0.39, 0.29) is 29.0 Å². The van der Waals surface area contributed by atoms with E-state index >= 15 is 0 Å². The minimum Gasteiger partial charge on any atom is -0.503 e. The SMILES string of the molecule is COc1cc(/C=N\NC(=O)CNC2CCCCC2)cc(Cl)c1O. The van der Waals surface area contributed by atoms with E-state index in [9.17, 15) is 9.90 Å². The van der Waals surface area contributed by atoms with E-state index in [1.165, 1.54) is 38.7 Å². The highest BCUT2D eigenvalue weighted by atomic mass is 35.5. The first-order valence-electron chi connectivity index (χ1n) is 7.72. The number of halogens is 1. The number of nitrogens with zero attached hydrogens (tertiary/aromatic N) is 1. The predicted molar refractivity (Wildman–Crippen MR) is 90.3 cm³/mol. The molecule has 0 aliphatic heterocycles. The second-order valence-corrected chi connectivity index (χ2v) is 5.97. The van der Waals surface area contributed by atoms with Crippen molar-refractivity contribution in [1.82, 2.24) is 10.7 Å². The van der Waals surface area contributed by atoms with Crippen LogP contribution in [0.3, 0.4) is 0 Å². The number of hydrogen-bond acceptors (Lipinski definition) is 5. The van der Waals surface area contributed by atoms with Crippen molar-refractivity contribution in [3.63, 3.8) is 0 Å². The van der Waals surface area contributed by atoms with E-state index < -0.39 is 0 Å². The average molecular weight is 340 g/mol. The molecule has 126 valence electrons. The summed E-state index contributed by atoms with van der Waals surface area (Å²) in [4.78, 5) is 11.7. The van der Waals surface area contributed by atoms with E-state index in [2.05, 4.69) is 15.8 Å². The van der Waals surface area contributed by atoms with E-state index in [1.807, 2.05) is 0 Å². The van der Waals surface area contributed by atoms with Gasteiger partial charge in [0.1, 0.15) is 0 Å². The topological polar surface area (TPSA) is 83.0 Å². The van der Waals surface area contributed by atoms with E-state index in [0.717, 1.165) is 12.8 Å². The zero-order valence-electron chi connectivity index (χ0n) is 13.1. The molecule has 2 rings (SSSR count). The Kier molecular flexibility index (Phi) is 6.67. The largest absolute Gasteiger partial charge is 0.503 e. The monoisotopic (exact) mass is 339 g/mol. The third-order valence-electron chi connectivity index (χ3n) is 3.83. The zero-order valence-corrected chi connectivity index (χ0v) is 13.9. The molecule has 0 aromatic heterocycles. The van der Waals surface area contributed by atoms with Gasteiger partial charge in [-0.1, -0.05) is 30.9 Å². The molecule has 6 nitrogen and oxygen atoms in total. The molecule has 1 amide bonds. The highest BCUT2D eigenvalue weighted by molar-refractivity contribution is 6.32. The van der Waals surface area contributed by atoms with Crippen molar-refractivity contribution < 1.29 is 14.6 Å². The van der Waals surface area contributed by atoms with Gasteiger partial charge in [-0.15, -0.1) is 0 Å². The molecule has 1 aliphatic carbocycles. The second-order valence-electron chi connectivity index (χ2n) is 5.56. The number of hydrogen-bond donors (Lipinski definition) is 3. The van der Waals surface area contributed by atoms with Gasteiger partial charge in [0.2, 0.25) is 0 Å². The van der Waals surface area contributed by atoms with Crippen LogP contribution in [0.5, 0.6) is 11.5 Å². The molecule has 1 aromatic carbocycles. The Bertz CT molecular complexity index is 572. The average Bonchev–Trinajstić information content (AvgIpc) is 2.57. The summed E-state index contributed by atoms with van der Waals surface area (Å²) in [6, 6.07) is 3.55. The lowest BCUT2D eigenvalue weighted by molar-refractivity contribution is -0.120. The minimum absolute atomic E-state index is 0.118. The van der Waals surface area contributed by atoms with Crippen LogP contribution in [0.15, 0.2) is 17.2 Å². The van der Waals surface area contributed by atoms with Crippen LogP contribution in [-0.2, 0) is 4.79 Å². The number of phenols is 1. The van der Waals surface area contributed by atoms with Crippen molar-refractivity contribution in [2.45, 2.75) is 38.1 Å². The van der Waals surface area contributed by atoms with Crippen LogP contribution in [0.25, 0.3) is 0 Å². The summed E-state index contributed by atoms with van der Waals surface area (Å²) in [7, 11) is 1.44. The van der Waals surface area contributed by atoms with Crippen LogP contribution >= 0.6 is 11.6 Å². The Hall–Kier alpha value is -1.79. The summed E-state index contributed by atoms with van der Waals surface area (Å²) in [5, 5.41) is 16.9. The molecule has 0 atom stereocenters. The summed E-state index contributed by atoms with van der Waals surface area (Å²) >= 11 is 5.89. The van der Waals surface area contributed by atoms with Crippen LogP contribution < -0.4 is 15.5 Å². The highest BCUT2D eigenvalue weighted by Gasteiger charge is 2.13. The van der Waals surface area contributed by atoms with Crippen molar-refractivity contribution in [2.75, 3.05) is 13.7 Å². The molecule has 1 fully saturated rings. The van der Waals surface area contributed by atoms with Crippen molar-refractivity contribution in [3.05, 3.63) is 22.7 Å². The van der Waals surface area contributed by atoms with Gasteiger partial charge in [-0.25, -0.2) is 5.43 Å². The molecular formula is C16H22ClN3O3. The number of carbonyl (C=O) groups is 1. The van der Waals surface area contributed by atoms with Crippen LogP contribution in [0.1, 0.15) is 37.7 Å². The number of carbonyl (C=O) groups excluding carboxylic acids is 1. The molecule has 0 bridgehead atoms. The normalized spacial score (nSPS) is 15.7. The number of rotatable bonds is 6. The molecule has 0 unspecified atom stereocenters. The van der Waals surface area contributed by atoms with Gasteiger partial charge in [-0.3, -0.25) is 4.79 Å². The summed E-state index contributed by atoms with van der Waals surface area (Å²) in [6.07, 6.45) is 7.44. The van der Waals surface area contributed by atoms with Gasteiger partial charge in [-0.2, -0.15) is 5.10 Å². The molecule has 0 radical (unpaired) electrons. The summed E-state index contributed by atoms with van der Waals surface area (Å²) < 4.78 is 5.01.